The van der Waals surface area contributed by atoms with Crippen molar-refractivity contribution in [1.82, 2.24) is 19.6 Å². The van der Waals surface area contributed by atoms with Crippen LogP contribution in [-0.4, -0.2) is 30.4 Å². The fourth-order valence-electron chi connectivity index (χ4n) is 2.77. The van der Waals surface area contributed by atoms with Gasteiger partial charge in [0, 0.05) is 0 Å². The first-order chi connectivity index (χ1) is 14.0. The molecular weight excluding hydrogens is 376 g/mol. The minimum Gasteiger partial charge on any atom is -0.471 e. The van der Waals surface area contributed by atoms with Crippen molar-refractivity contribution < 1.29 is 14.5 Å². The van der Waals surface area contributed by atoms with Gasteiger partial charge < -0.3 is 10.1 Å². The van der Waals surface area contributed by atoms with Crippen molar-refractivity contribution in [3.63, 3.8) is 0 Å². The number of benzene rings is 1. The van der Waals surface area contributed by atoms with Crippen molar-refractivity contribution in [3.8, 4) is 5.75 Å². The van der Waals surface area contributed by atoms with E-state index in [1.807, 2.05) is 24.3 Å². The second-order valence-corrected chi connectivity index (χ2v) is 6.39. The predicted molar refractivity (Wildman–Crippen MR) is 106 cm³/mol. The summed E-state index contributed by atoms with van der Waals surface area (Å²) in [7, 11) is 0. The monoisotopic (exact) mass is 398 g/mol. The highest BCUT2D eigenvalue weighted by Gasteiger charge is 2.22. The maximum Gasteiger partial charge on any atom is 0.307 e. The Balaban J connectivity index is 1.58. The third-order valence-corrected chi connectivity index (χ3v) is 4.40. The van der Waals surface area contributed by atoms with Crippen LogP contribution in [0, 0.1) is 10.1 Å². The van der Waals surface area contributed by atoms with Gasteiger partial charge in [0.1, 0.15) is 24.2 Å². The SMILES string of the molecule is CCc1ccc(OCn2cc(NC(=O)C(CC)n3cc([N+](=O)[O-])cn3)cn2)cc1. The summed E-state index contributed by atoms with van der Waals surface area (Å²) in [6.07, 6.45) is 6.92. The van der Waals surface area contributed by atoms with Gasteiger partial charge in [-0.3, -0.25) is 19.6 Å². The number of nitrogens with zero attached hydrogens (tertiary/aromatic N) is 5. The zero-order chi connectivity index (χ0) is 20.8. The third-order valence-electron chi connectivity index (χ3n) is 4.40. The molecule has 1 aromatic carbocycles. The predicted octanol–water partition coefficient (Wildman–Crippen LogP) is 3.18. The van der Waals surface area contributed by atoms with Crippen LogP contribution in [0.4, 0.5) is 11.4 Å². The molecule has 10 heteroatoms. The van der Waals surface area contributed by atoms with Crippen LogP contribution in [0.1, 0.15) is 31.9 Å². The van der Waals surface area contributed by atoms with E-state index >= 15 is 0 Å². The quantitative estimate of drug-likeness (QED) is 0.437. The molecule has 10 nitrogen and oxygen atoms in total. The number of aryl methyl sites for hydroxylation is 1. The number of carbonyl (C=O) groups excluding carboxylic acids is 1. The standard InChI is InChI=1S/C19H22N6O4/c1-3-14-5-7-17(8-6-14)29-13-23-11-15(9-20-23)22-19(26)18(4-2)24-12-16(10-21-24)25(27)28/h5-12,18H,3-4,13H2,1-2H3,(H,22,26). The molecule has 0 aliphatic carbocycles. The highest BCUT2D eigenvalue weighted by molar-refractivity contribution is 5.93. The van der Waals surface area contributed by atoms with E-state index < -0.39 is 11.0 Å². The van der Waals surface area contributed by atoms with E-state index in [0.717, 1.165) is 18.4 Å². The molecule has 0 bridgehead atoms. The first-order valence-corrected chi connectivity index (χ1v) is 9.23. The number of amides is 1. The van der Waals surface area contributed by atoms with Crippen LogP contribution in [0.25, 0.3) is 0 Å². The number of aromatic nitrogens is 4. The molecule has 1 amide bonds. The number of rotatable bonds is 9. The molecule has 1 N–H and O–H groups in total. The average Bonchev–Trinajstić information content (AvgIpc) is 3.37. The van der Waals surface area contributed by atoms with Crippen LogP contribution in [0.5, 0.6) is 5.75 Å². The fourth-order valence-corrected chi connectivity index (χ4v) is 2.77. The molecule has 0 saturated carbocycles. The van der Waals surface area contributed by atoms with Gasteiger partial charge in [-0.25, -0.2) is 4.68 Å². The Morgan fingerprint density at radius 1 is 1.21 bits per heavy atom. The van der Waals surface area contributed by atoms with Gasteiger partial charge in [-0.2, -0.15) is 10.2 Å². The van der Waals surface area contributed by atoms with Crippen molar-refractivity contribution in [3.05, 3.63) is 64.7 Å². The molecule has 0 saturated heterocycles. The van der Waals surface area contributed by atoms with Gasteiger partial charge in [0.05, 0.1) is 23.0 Å². The van der Waals surface area contributed by atoms with Crippen molar-refractivity contribution in [2.24, 2.45) is 0 Å². The molecule has 3 rings (SSSR count). The zero-order valence-electron chi connectivity index (χ0n) is 16.2. The Morgan fingerprint density at radius 2 is 1.97 bits per heavy atom. The number of ether oxygens (including phenoxy) is 1. The molecule has 0 radical (unpaired) electrons. The van der Waals surface area contributed by atoms with E-state index in [9.17, 15) is 14.9 Å². The fraction of sp³-hybridized carbons (Fsp3) is 0.316. The lowest BCUT2D eigenvalue weighted by molar-refractivity contribution is -0.385. The minimum atomic E-state index is -0.666. The van der Waals surface area contributed by atoms with Crippen LogP contribution in [-0.2, 0) is 17.9 Å². The van der Waals surface area contributed by atoms with Crippen molar-refractivity contribution >= 4 is 17.3 Å². The zero-order valence-corrected chi connectivity index (χ0v) is 16.2. The molecule has 0 fully saturated rings. The normalized spacial score (nSPS) is 11.8. The van der Waals surface area contributed by atoms with E-state index in [2.05, 4.69) is 22.4 Å². The Bertz CT molecular complexity index is 979. The molecule has 1 atom stereocenters. The lowest BCUT2D eigenvalue weighted by Crippen LogP contribution is -2.25. The van der Waals surface area contributed by atoms with E-state index in [0.29, 0.717) is 12.1 Å². The highest BCUT2D eigenvalue weighted by atomic mass is 16.6. The molecule has 152 valence electrons. The summed E-state index contributed by atoms with van der Waals surface area (Å²) < 4.78 is 8.53. The molecule has 0 aliphatic rings. The topological polar surface area (TPSA) is 117 Å². The van der Waals surface area contributed by atoms with Gasteiger partial charge in [0.25, 0.3) is 0 Å². The van der Waals surface area contributed by atoms with Crippen LogP contribution in [0.15, 0.2) is 49.1 Å². The van der Waals surface area contributed by atoms with Crippen molar-refractivity contribution in [2.45, 2.75) is 39.5 Å². The number of anilines is 1. The third kappa shape index (κ3) is 4.98. The van der Waals surface area contributed by atoms with E-state index in [4.69, 9.17) is 4.74 Å². The molecule has 2 aromatic heterocycles. The van der Waals surface area contributed by atoms with Gasteiger partial charge in [-0.15, -0.1) is 0 Å². The number of nitro groups is 1. The first-order valence-electron chi connectivity index (χ1n) is 9.23. The van der Waals surface area contributed by atoms with Gasteiger partial charge in [-0.05, 0) is 30.5 Å². The van der Waals surface area contributed by atoms with Crippen LogP contribution >= 0.6 is 0 Å². The Kier molecular flexibility index (Phi) is 6.22. The van der Waals surface area contributed by atoms with Crippen molar-refractivity contribution in [1.29, 1.82) is 0 Å². The summed E-state index contributed by atoms with van der Waals surface area (Å²) in [5, 5.41) is 21.7. The summed E-state index contributed by atoms with van der Waals surface area (Å²) in [5.41, 5.74) is 1.57. The highest BCUT2D eigenvalue weighted by Crippen LogP contribution is 2.18. The number of hydrogen-bond donors (Lipinski definition) is 1. The molecular formula is C19H22N6O4. The lowest BCUT2D eigenvalue weighted by atomic mass is 10.2. The Hall–Kier alpha value is -3.69. The second kappa shape index (κ2) is 9.00. The van der Waals surface area contributed by atoms with Crippen molar-refractivity contribution in [2.75, 3.05) is 5.32 Å². The molecule has 2 heterocycles. The summed E-state index contributed by atoms with van der Waals surface area (Å²) >= 11 is 0. The van der Waals surface area contributed by atoms with Gasteiger partial charge in [0.15, 0.2) is 6.73 Å². The largest absolute Gasteiger partial charge is 0.471 e. The maximum absolute atomic E-state index is 12.6. The first kappa shape index (κ1) is 20.1. The average molecular weight is 398 g/mol. The van der Waals surface area contributed by atoms with Crippen LogP contribution in [0.2, 0.25) is 0 Å². The van der Waals surface area contributed by atoms with Gasteiger partial charge in [0.2, 0.25) is 5.91 Å². The molecule has 29 heavy (non-hydrogen) atoms. The minimum absolute atomic E-state index is 0.159. The van der Waals surface area contributed by atoms with Crippen LogP contribution < -0.4 is 10.1 Å². The second-order valence-electron chi connectivity index (χ2n) is 6.39. The van der Waals surface area contributed by atoms with E-state index in [1.165, 1.54) is 22.6 Å². The Labute approximate surface area is 167 Å². The van der Waals surface area contributed by atoms with Crippen LogP contribution in [0.3, 0.4) is 0 Å². The van der Waals surface area contributed by atoms with E-state index in [1.54, 1.807) is 17.8 Å². The summed E-state index contributed by atoms with van der Waals surface area (Å²) in [5.74, 6) is 0.399. The smallest absolute Gasteiger partial charge is 0.307 e. The summed E-state index contributed by atoms with van der Waals surface area (Å²) in [4.78, 5) is 22.8. The maximum atomic E-state index is 12.6. The molecule has 0 spiro atoms. The molecule has 3 aromatic rings. The summed E-state index contributed by atoms with van der Waals surface area (Å²) in [6.45, 7) is 4.09. The number of nitrogens with one attached hydrogen (secondary N) is 1. The van der Waals surface area contributed by atoms with Gasteiger partial charge in [-0.1, -0.05) is 26.0 Å². The van der Waals surface area contributed by atoms with E-state index in [-0.39, 0.29) is 18.3 Å². The number of hydrogen-bond acceptors (Lipinski definition) is 6. The molecule has 0 aliphatic heterocycles. The number of carbonyl (C=O) groups is 1. The Morgan fingerprint density at radius 3 is 2.59 bits per heavy atom. The lowest BCUT2D eigenvalue weighted by Gasteiger charge is -2.14. The van der Waals surface area contributed by atoms with Gasteiger partial charge >= 0.3 is 5.69 Å². The molecule has 1 unspecified atom stereocenters. The summed E-state index contributed by atoms with van der Waals surface area (Å²) in [6, 6.07) is 7.16.